The van der Waals surface area contributed by atoms with E-state index in [1.54, 1.807) is 6.20 Å². The van der Waals surface area contributed by atoms with Gasteiger partial charge in [-0.2, -0.15) is 0 Å². The summed E-state index contributed by atoms with van der Waals surface area (Å²) in [5.41, 5.74) is 6.00. The van der Waals surface area contributed by atoms with Crippen molar-refractivity contribution >= 4 is 17.8 Å². The first kappa shape index (κ1) is 18.0. The quantitative estimate of drug-likeness (QED) is 0.689. The third-order valence-electron chi connectivity index (χ3n) is 3.86. The van der Waals surface area contributed by atoms with Crippen LogP contribution < -0.4 is 21.3 Å². The number of ether oxygens (including phenoxy) is 1. The number of pyridine rings is 1. The van der Waals surface area contributed by atoms with Gasteiger partial charge in [-0.3, -0.25) is 4.79 Å². The summed E-state index contributed by atoms with van der Waals surface area (Å²) in [6.45, 7) is 7.12. The molecule has 0 aromatic carbocycles. The van der Waals surface area contributed by atoms with Crippen LogP contribution in [0.25, 0.3) is 0 Å². The van der Waals surface area contributed by atoms with Gasteiger partial charge in [0.15, 0.2) is 0 Å². The second-order valence-corrected chi connectivity index (χ2v) is 6.07. The van der Waals surface area contributed by atoms with Gasteiger partial charge >= 0.3 is 6.03 Å². The average Bonchev–Trinajstić information content (AvgIpc) is 2.58. The molecule has 2 rings (SSSR count). The van der Waals surface area contributed by atoms with Crippen LogP contribution in [0.3, 0.4) is 0 Å². The number of rotatable bonds is 6. The van der Waals surface area contributed by atoms with Gasteiger partial charge in [0.2, 0.25) is 5.91 Å². The fourth-order valence-corrected chi connectivity index (χ4v) is 2.49. The number of nitrogens with zero attached hydrogens (tertiary/aromatic N) is 2. The second-order valence-electron chi connectivity index (χ2n) is 6.07. The van der Waals surface area contributed by atoms with E-state index in [0.29, 0.717) is 19.8 Å². The zero-order valence-corrected chi connectivity index (χ0v) is 14.1. The Kier molecular flexibility index (Phi) is 6.36. The standard InChI is InChI=1S/C16H25N5O3/c1-11(2)14(20-16(17)23)15(22)19-10-12-3-4-13(18-9-12)21-5-7-24-8-6-21/h3-4,9,11,14H,5-8,10H2,1-2H3,(H,19,22)(H3,17,20,23). The highest BCUT2D eigenvalue weighted by molar-refractivity contribution is 5.86. The predicted molar refractivity (Wildman–Crippen MR) is 90.5 cm³/mol. The predicted octanol–water partition coefficient (Wildman–Crippen LogP) is 0.227. The van der Waals surface area contributed by atoms with E-state index < -0.39 is 12.1 Å². The highest BCUT2D eigenvalue weighted by Crippen LogP contribution is 2.13. The van der Waals surface area contributed by atoms with Crippen LogP contribution in [-0.2, 0) is 16.1 Å². The minimum atomic E-state index is -0.708. The van der Waals surface area contributed by atoms with Crippen LogP contribution in [0.4, 0.5) is 10.6 Å². The third-order valence-corrected chi connectivity index (χ3v) is 3.86. The molecule has 8 heteroatoms. The maximum atomic E-state index is 12.2. The summed E-state index contributed by atoms with van der Waals surface area (Å²) in [7, 11) is 0. The molecule has 1 aliphatic heterocycles. The Labute approximate surface area is 141 Å². The summed E-state index contributed by atoms with van der Waals surface area (Å²) in [5, 5.41) is 5.26. The summed E-state index contributed by atoms with van der Waals surface area (Å²) >= 11 is 0. The molecule has 1 unspecified atom stereocenters. The lowest BCUT2D eigenvalue weighted by atomic mass is 10.0. The molecule has 24 heavy (non-hydrogen) atoms. The maximum Gasteiger partial charge on any atom is 0.312 e. The Morgan fingerprint density at radius 3 is 2.58 bits per heavy atom. The lowest BCUT2D eigenvalue weighted by Gasteiger charge is -2.27. The Morgan fingerprint density at radius 2 is 2.04 bits per heavy atom. The Morgan fingerprint density at radius 1 is 1.33 bits per heavy atom. The lowest BCUT2D eigenvalue weighted by molar-refractivity contribution is -0.124. The van der Waals surface area contributed by atoms with Crippen molar-refractivity contribution in [2.45, 2.75) is 26.4 Å². The molecule has 0 saturated carbocycles. The SMILES string of the molecule is CC(C)C(NC(N)=O)C(=O)NCc1ccc(N2CCOCC2)nc1. The molecule has 8 nitrogen and oxygen atoms in total. The van der Waals surface area contributed by atoms with E-state index in [2.05, 4.69) is 20.5 Å². The zero-order chi connectivity index (χ0) is 17.5. The first-order valence-corrected chi connectivity index (χ1v) is 8.08. The van der Waals surface area contributed by atoms with Crippen LogP contribution in [0.5, 0.6) is 0 Å². The molecule has 2 heterocycles. The summed E-state index contributed by atoms with van der Waals surface area (Å²) in [6.07, 6.45) is 1.75. The summed E-state index contributed by atoms with van der Waals surface area (Å²) in [4.78, 5) is 29.8. The van der Waals surface area contributed by atoms with E-state index in [1.807, 2.05) is 26.0 Å². The molecule has 3 amide bonds. The molecule has 0 bridgehead atoms. The number of primary amides is 1. The number of hydrogen-bond acceptors (Lipinski definition) is 5. The van der Waals surface area contributed by atoms with Gasteiger partial charge in [-0.05, 0) is 17.5 Å². The molecule has 1 atom stereocenters. The van der Waals surface area contributed by atoms with Gasteiger partial charge in [0.1, 0.15) is 11.9 Å². The molecular weight excluding hydrogens is 310 g/mol. The lowest BCUT2D eigenvalue weighted by Crippen LogP contribution is -2.51. The van der Waals surface area contributed by atoms with Gasteiger partial charge in [-0.15, -0.1) is 0 Å². The van der Waals surface area contributed by atoms with E-state index >= 15 is 0 Å². The van der Waals surface area contributed by atoms with Crippen molar-refractivity contribution in [2.75, 3.05) is 31.2 Å². The normalized spacial score (nSPS) is 15.9. The van der Waals surface area contributed by atoms with Crippen LogP contribution in [0.1, 0.15) is 19.4 Å². The molecule has 132 valence electrons. The number of amides is 3. The summed E-state index contributed by atoms with van der Waals surface area (Å²) in [5.74, 6) is 0.587. The molecule has 0 aliphatic carbocycles. The molecule has 1 fully saturated rings. The molecule has 1 aliphatic rings. The van der Waals surface area contributed by atoms with E-state index in [9.17, 15) is 9.59 Å². The van der Waals surface area contributed by atoms with Crippen molar-refractivity contribution in [3.63, 3.8) is 0 Å². The van der Waals surface area contributed by atoms with Crippen LogP contribution >= 0.6 is 0 Å². The second kappa shape index (κ2) is 8.49. The third kappa shape index (κ3) is 5.09. The Hall–Kier alpha value is -2.35. The largest absolute Gasteiger partial charge is 0.378 e. The number of anilines is 1. The Balaban J connectivity index is 1.88. The van der Waals surface area contributed by atoms with Gasteiger partial charge < -0.3 is 26.0 Å². The van der Waals surface area contributed by atoms with Gasteiger partial charge in [-0.25, -0.2) is 9.78 Å². The minimum absolute atomic E-state index is 0.0562. The highest BCUT2D eigenvalue weighted by Gasteiger charge is 2.23. The van der Waals surface area contributed by atoms with E-state index in [-0.39, 0.29) is 11.8 Å². The van der Waals surface area contributed by atoms with Crippen LogP contribution in [0.15, 0.2) is 18.3 Å². The fourth-order valence-electron chi connectivity index (χ4n) is 2.49. The molecule has 1 saturated heterocycles. The first-order chi connectivity index (χ1) is 11.5. The molecule has 0 spiro atoms. The van der Waals surface area contributed by atoms with Gasteiger partial charge in [0, 0.05) is 25.8 Å². The minimum Gasteiger partial charge on any atom is -0.378 e. The van der Waals surface area contributed by atoms with Crippen LogP contribution in [0.2, 0.25) is 0 Å². The Bertz CT molecular complexity index is 555. The maximum absolute atomic E-state index is 12.2. The van der Waals surface area contributed by atoms with Gasteiger partial charge in [0.05, 0.1) is 13.2 Å². The van der Waals surface area contributed by atoms with Crippen molar-refractivity contribution in [1.82, 2.24) is 15.6 Å². The smallest absolute Gasteiger partial charge is 0.312 e. The number of hydrogen-bond donors (Lipinski definition) is 3. The number of morpholine rings is 1. The van der Waals surface area contributed by atoms with E-state index in [1.165, 1.54) is 0 Å². The summed E-state index contributed by atoms with van der Waals surface area (Å²) < 4.78 is 5.32. The summed E-state index contributed by atoms with van der Waals surface area (Å²) in [6, 6.07) is 2.52. The average molecular weight is 335 g/mol. The van der Waals surface area contributed by atoms with Crippen molar-refractivity contribution in [2.24, 2.45) is 11.7 Å². The first-order valence-electron chi connectivity index (χ1n) is 8.08. The van der Waals surface area contributed by atoms with Crippen LogP contribution in [-0.4, -0.2) is 49.3 Å². The van der Waals surface area contributed by atoms with Crippen molar-refractivity contribution < 1.29 is 14.3 Å². The number of carbonyl (C=O) groups excluding carboxylic acids is 2. The van der Waals surface area contributed by atoms with Crippen LogP contribution in [0, 0.1) is 5.92 Å². The fraction of sp³-hybridized carbons (Fsp3) is 0.562. The van der Waals surface area contributed by atoms with Crippen molar-refractivity contribution in [1.29, 1.82) is 0 Å². The molecule has 0 radical (unpaired) electrons. The molecule has 1 aromatic heterocycles. The topological polar surface area (TPSA) is 110 Å². The monoisotopic (exact) mass is 335 g/mol. The van der Waals surface area contributed by atoms with Crippen molar-refractivity contribution in [3.05, 3.63) is 23.9 Å². The van der Waals surface area contributed by atoms with E-state index in [4.69, 9.17) is 10.5 Å². The number of carbonyl (C=O) groups is 2. The number of nitrogens with two attached hydrogens (primary N) is 1. The van der Waals surface area contributed by atoms with Gasteiger partial charge in [-0.1, -0.05) is 19.9 Å². The molecular formula is C16H25N5O3. The molecule has 1 aromatic rings. The highest BCUT2D eigenvalue weighted by atomic mass is 16.5. The zero-order valence-electron chi connectivity index (χ0n) is 14.1. The number of nitrogens with one attached hydrogen (secondary N) is 2. The number of aromatic nitrogens is 1. The van der Waals surface area contributed by atoms with Crippen molar-refractivity contribution in [3.8, 4) is 0 Å². The molecule has 4 N–H and O–H groups in total. The van der Waals surface area contributed by atoms with Gasteiger partial charge in [0.25, 0.3) is 0 Å². The van der Waals surface area contributed by atoms with E-state index in [0.717, 1.165) is 24.5 Å². The number of urea groups is 1.